The number of hydrogen-bond acceptors (Lipinski definition) is 2. The molecule has 0 aromatic heterocycles. The van der Waals surface area contributed by atoms with Gasteiger partial charge in [-0.15, -0.1) is 0 Å². The van der Waals surface area contributed by atoms with Crippen molar-refractivity contribution in [3.63, 3.8) is 0 Å². The number of rotatable bonds is 12. The summed E-state index contributed by atoms with van der Waals surface area (Å²) in [6.45, 7) is 3.73. The highest BCUT2D eigenvalue weighted by Gasteiger charge is 2.04. The Bertz CT molecular complexity index is 381. The van der Waals surface area contributed by atoms with Crippen LogP contribution in [0.3, 0.4) is 0 Å². The highest BCUT2D eigenvalue weighted by molar-refractivity contribution is 9.10. The molecule has 0 fully saturated rings. The standard InChI is InChI=1S/C18H30BrNO/c1-2-3-4-5-6-7-8-9-14-21-18-11-10-17(19)15-16(18)12-13-20/h10-11,15H,2-9,12-14,20H2,1H3. The molecule has 0 aliphatic carbocycles. The van der Waals surface area contributed by atoms with Gasteiger partial charge in [0.25, 0.3) is 0 Å². The van der Waals surface area contributed by atoms with E-state index in [1.807, 2.05) is 12.1 Å². The fourth-order valence-electron chi connectivity index (χ4n) is 2.46. The summed E-state index contributed by atoms with van der Waals surface area (Å²) in [7, 11) is 0. The van der Waals surface area contributed by atoms with Gasteiger partial charge in [-0.3, -0.25) is 0 Å². The first kappa shape index (κ1) is 18.5. The number of nitrogens with two attached hydrogens (primary N) is 1. The summed E-state index contributed by atoms with van der Waals surface area (Å²) >= 11 is 3.50. The van der Waals surface area contributed by atoms with Gasteiger partial charge in [-0.1, -0.05) is 67.8 Å². The highest BCUT2D eigenvalue weighted by Crippen LogP contribution is 2.24. The van der Waals surface area contributed by atoms with Crippen LogP contribution in [0.15, 0.2) is 22.7 Å². The van der Waals surface area contributed by atoms with Crippen molar-refractivity contribution in [2.45, 2.75) is 64.7 Å². The third-order valence-electron chi connectivity index (χ3n) is 3.69. The lowest BCUT2D eigenvalue weighted by atomic mass is 10.1. The van der Waals surface area contributed by atoms with Crippen molar-refractivity contribution < 1.29 is 4.74 Å². The molecule has 0 atom stereocenters. The normalized spacial score (nSPS) is 10.8. The second kappa shape index (κ2) is 12.0. The van der Waals surface area contributed by atoms with Gasteiger partial charge in [0.05, 0.1) is 6.61 Å². The fraction of sp³-hybridized carbons (Fsp3) is 0.667. The van der Waals surface area contributed by atoms with Crippen LogP contribution >= 0.6 is 15.9 Å². The minimum atomic E-state index is 0.657. The number of benzene rings is 1. The lowest BCUT2D eigenvalue weighted by molar-refractivity contribution is 0.301. The third kappa shape index (κ3) is 8.47. The predicted octanol–water partition coefficient (Wildman–Crippen LogP) is 5.47. The van der Waals surface area contributed by atoms with Crippen LogP contribution in [0, 0.1) is 0 Å². The molecule has 1 aromatic carbocycles. The van der Waals surface area contributed by atoms with E-state index in [1.54, 1.807) is 0 Å². The first-order valence-electron chi connectivity index (χ1n) is 8.39. The van der Waals surface area contributed by atoms with Crippen molar-refractivity contribution in [1.82, 2.24) is 0 Å². The van der Waals surface area contributed by atoms with Crippen LogP contribution < -0.4 is 10.5 Å². The van der Waals surface area contributed by atoms with Crippen LogP contribution in [-0.4, -0.2) is 13.2 Å². The Morgan fingerprint density at radius 3 is 2.33 bits per heavy atom. The molecule has 3 heteroatoms. The Morgan fingerprint density at radius 1 is 1.00 bits per heavy atom. The molecule has 0 spiro atoms. The maximum Gasteiger partial charge on any atom is 0.122 e. The largest absolute Gasteiger partial charge is 0.493 e. The Kier molecular flexibility index (Phi) is 10.6. The summed E-state index contributed by atoms with van der Waals surface area (Å²) in [6.07, 6.45) is 11.5. The second-order valence-electron chi connectivity index (χ2n) is 5.61. The molecule has 120 valence electrons. The van der Waals surface area contributed by atoms with Crippen LogP contribution in [0.2, 0.25) is 0 Å². The van der Waals surface area contributed by atoms with E-state index in [-0.39, 0.29) is 0 Å². The van der Waals surface area contributed by atoms with Crippen molar-refractivity contribution in [3.8, 4) is 5.75 Å². The minimum absolute atomic E-state index is 0.657. The molecule has 0 saturated carbocycles. The molecule has 0 saturated heterocycles. The zero-order chi connectivity index (χ0) is 15.3. The Labute approximate surface area is 138 Å². The van der Waals surface area contributed by atoms with Gasteiger partial charge in [0, 0.05) is 4.47 Å². The minimum Gasteiger partial charge on any atom is -0.493 e. The van der Waals surface area contributed by atoms with Crippen molar-refractivity contribution in [3.05, 3.63) is 28.2 Å². The van der Waals surface area contributed by atoms with Crippen LogP contribution in [0.1, 0.15) is 63.9 Å². The maximum atomic E-state index is 5.91. The molecule has 2 N–H and O–H groups in total. The van der Waals surface area contributed by atoms with Gasteiger partial charge >= 0.3 is 0 Å². The predicted molar refractivity (Wildman–Crippen MR) is 95.0 cm³/mol. The van der Waals surface area contributed by atoms with E-state index >= 15 is 0 Å². The maximum absolute atomic E-state index is 5.91. The molecule has 0 radical (unpaired) electrons. The monoisotopic (exact) mass is 355 g/mol. The summed E-state index contributed by atoms with van der Waals surface area (Å²) < 4.78 is 7.00. The third-order valence-corrected chi connectivity index (χ3v) is 4.18. The molecular weight excluding hydrogens is 326 g/mol. The summed E-state index contributed by atoms with van der Waals surface area (Å²) in [5, 5.41) is 0. The van der Waals surface area contributed by atoms with Gasteiger partial charge in [-0.05, 0) is 43.1 Å². The first-order chi connectivity index (χ1) is 10.3. The SMILES string of the molecule is CCCCCCCCCCOc1ccc(Br)cc1CCN. The average Bonchev–Trinajstić information content (AvgIpc) is 2.48. The number of unbranched alkanes of at least 4 members (excludes halogenated alkanes) is 7. The number of hydrogen-bond donors (Lipinski definition) is 1. The average molecular weight is 356 g/mol. The van der Waals surface area contributed by atoms with Gasteiger partial charge in [0.2, 0.25) is 0 Å². The number of halogens is 1. The molecule has 0 aliphatic rings. The van der Waals surface area contributed by atoms with Gasteiger partial charge in [-0.25, -0.2) is 0 Å². The zero-order valence-corrected chi connectivity index (χ0v) is 15.0. The van der Waals surface area contributed by atoms with Crippen molar-refractivity contribution in [2.24, 2.45) is 5.73 Å². The van der Waals surface area contributed by atoms with Crippen LogP contribution in [-0.2, 0) is 6.42 Å². The zero-order valence-electron chi connectivity index (χ0n) is 13.4. The number of ether oxygens (including phenoxy) is 1. The summed E-state index contributed by atoms with van der Waals surface area (Å²) in [6, 6.07) is 6.18. The van der Waals surface area contributed by atoms with E-state index in [9.17, 15) is 0 Å². The summed E-state index contributed by atoms with van der Waals surface area (Å²) in [5.74, 6) is 0.992. The first-order valence-corrected chi connectivity index (χ1v) is 9.18. The van der Waals surface area contributed by atoms with Crippen molar-refractivity contribution in [1.29, 1.82) is 0 Å². The summed E-state index contributed by atoms with van der Waals surface area (Å²) in [5.41, 5.74) is 6.85. The molecule has 2 nitrogen and oxygen atoms in total. The Hall–Kier alpha value is -0.540. The van der Waals surface area contributed by atoms with E-state index in [2.05, 4.69) is 28.9 Å². The van der Waals surface area contributed by atoms with Gasteiger partial charge in [0.15, 0.2) is 0 Å². The summed E-state index contributed by atoms with van der Waals surface area (Å²) in [4.78, 5) is 0. The van der Waals surface area contributed by atoms with E-state index < -0.39 is 0 Å². The molecule has 0 heterocycles. The molecule has 0 amide bonds. The van der Waals surface area contributed by atoms with E-state index in [0.29, 0.717) is 6.54 Å². The molecule has 0 aliphatic heterocycles. The smallest absolute Gasteiger partial charge is 0.122 e. The van der Waals surface area contributed by atoms with Crippen LogP contribution in [0.4, 0.5) is 0 Å². The van der Waals surface area contributed by atoms with Crippen LogP contribution in [0.5, 0.6) is 5.75 Å². The van der Waals surface area contributed by atoms with Gasteiger partial charge in [-0.2, -0.15) is 0 Å². The van der Waals surface area contributed by atoms with Gasteiger partial charge in [0.1, 0.15) is 5.75 Å². The molecule has 1 aromatic rings. The lowest BCUT2D eigenvalue weighted by Gasteiger charge is -2.11. The fourth-order valence-corrected chi connectivity index (χ4v) is 2.87. The highest BCUT2D eigenvalue weighted by atomic mass is 79.9. The Balaban J connectivity index is 2.15. The lowest BCUT2D eigenvalue weighted by Crippen LogP contribution is -2.06. The van der Waals surface area contributed by atoms with Crippen molar-refractivity contribution in [2.75, 3.05) is 13.2 Å². The van der Waals surface area contributed by atoms with E-state index in [0.717, 1.165) is 29.7 Å². The molecule has 0 bridgehead atoms. The van der Waals surface area contributed by atoms with Gasteiger partial charge < -0.3 is 10.5 Å². The Morgan fingerprint density at radius 2 is 1.67 bits per heavy atom. The van der Waals surface area contributed by atoms with E-state index in [4.69, 9.17) is 10.5 Å². The molecule has 0 unspecified atom stereocenters. The van der Waals surface area contributed by atoms with E-state index in [1.165, 1.54) is 50.5 Å². The molecule has 21 heavy (non-hydrogen) atoms. The quantitative estimate of drug-likeness (QED) is 0.504. The second-order valence-corrected chi connectivity index (χ2v) is 6.53. The van der Waals surface area contributed by atoms with Crippen LogP contribution in [0.25, 0.3) is 0 Å². The van der Waals surface area contributed by atoms with Crippen molar-refractivity contribution >= 4 is 15.9 Å². The topological polar surface area (TPSA) is 35.2 Å². The molecule has 1 rings (SSSR count). The molecular formula is C18H30BrNO.